The van der Waals surface area contributed by atoms with E-state index < -0.39 is 0 Å². The molecular weight excluding hydrogens is 210 g/mol. The Kier molecular flexibility index (Phi) is 4.14. The van der Waals surface area contributed by atoms with E-state index in [2.05, 4.69) is 31.2 Å². The predicted octanol–water partition coefficient (Wildman–Crippen LogP) is 2.87. The molecule has 2 heteroatoms. The standard InChI is InChI=1S/C15H18NO/c1-2-3-13-17-16-11-9-15(10-12-16)14-7-5-4-6-8-14/h4-12H,2-3,13H2,1H3/q+1. The molecule has 0 N–H and O–H groups in total. The largest absolute Gasteiger partial charge is 0.271 e. The second-order valence-electron chi connectivity index (χ2n) is 4.00. The molecule has 1 aromatic carbocycles. The number of pyridine rings is 1. The van der Waals surface area contributed by atoms with Crippen molar-refractivity contribution in [2.45, 2.75) is 19.8 Å². The third-order valence-electron chi connectivity index (χ3n) is 2.65. The molecule has 0 unspecified atom stereocenters. The predicted molar refractivity (Wildman–Crippen MR) is 68.4 cm³/mol. The molecule has 0 amide bonds. The molecule has 0 saturated carbocycles. The molecule has 1 aromatic heterocycles. The van der Waals surface area contributed by atoms with E-state index in [0.717, 1.165) is 19.4 Å². The summed E-state index contributed by atoms with van der Waals surface area (Å²) in [6.07, 6.45) is 6.16. The number of aromatic nitrogens is 1. The van der Waals surface area contributed by atoms with Crippen LogP contribution in [0.3, 0.4) is 0 Å². The molecule has 0 fully saturated rings. The first kappa shape index (κ1) is 11.6. The first-order valence-electron chi connectivity index (χ1n) is 6.10. The summed E-state index contributed by atoms with van der Waals surface area (Å²) in [4.78, 5) is 5.55. The van der Waals surface area contributed by atoms with E-state index in [0.29, 0.717) is 0 Å². The maximum absolute atomic E-state index is 5.55. The molecule has 0 bridgehead atoms. The van der Waals surface area contributed by atoms with Gasteiger partial charge in [-0.25, -0.2) is 0 Å². The third-order valence-corrected chi connectivity index (χ3v) is 2.65. The minimum Gasteiger partial charge on any atom is -0.271 e. The smallest absolute Gasteiger partial charge is 0.223 e. The number of benzene rings is 1. The van der Waals surface area contributed by atoms with Crippen molar-refractivity contribution in [2.24, 2.45) is 0 Å². The van der Waals surface area contributed by atoms with Crippen LogP contribution in [-0.2, 0) is 0 Å². The van der Waals surface area contributed by atoms with Gasteiger partial charge in [0.25, 0.3) is 0 Å². The Balaban J connectivity index is 2.03. The Labute approximate surface area is 102 Å². The lowest BCUT2D eigenvalue weighted by Gasteiger charge is -2.00. The highest BCUT2D eigenvalue weighted by Crippen LogP contribution is 2.16. The van der Waals surface area contributed by atoms with Crippen LogP contribution in [0.1, 0.15) is 19.8 Å². The monoisotopic (exact) mass is 228 g/mol. The van der Waals surface area contributed by atoms with Gasteiger partial charge >= 0.3 is 0 Å². The summed E-state index contributed by atoms with van der Waals surface area (Å²) in [6, 6.07) is 14.5. The minimum absolute atomic E-state index is 0.770. The van der Waals surface area contributed by atoms with E-state index in [1.807, 2.05) is 30.6 Å². The summed E-state index contributed by atoms with van der Waals surface area (Å²) < 4.78 is 1.77. The Bertz CT molecular complexity index is 436. The highest BCUT2D eigenvalue weighted by atomic mass is 16.7. The second-order valence-corrected chi connectivity index (χ2v) is 4.00. The second kappa shape index (κ2) is 6.04. The van der Waals surface area contributed by atoms with Crippen molar-refractivity contribution in [1.82, 2.24) is 0 Å². The van der Waals surface area contributed by atoms with Gasteiger partial charge in [-0.1, -0.05) is 43.7 Å². The van der Waals surface area contributed by atoms with Gasteiger partial charge in [0.05, 0.1) is 0 Å². The van der Waals surface area contributed by atoms with Crippen LogP contribution in [0, 0.1) is 0 Å². The van der Waals surface area contributed by atoms with Crippen molar-refractivity contribution in [1.29, 1.82) is 0 Å². The van der Waals surface area contributed by atoms with Gasteiger partial charge in [-0.2, -0.15) is 0 Å². The first-order valence-corrected chi connectivity index (χ1v) is 6.10. The molecule has 2 nitrogen and oxygen atoms in total. The normalized spacial score (nSPS) is 10.2. The number of nitrogens with zero attached hydrogens (tertiary/aromatic N) is 1. The van der Waals surface area contributed by atoms with Crippen molar-refractivity contribution in [3.8, 4) is 11.1 Å². The average Bonchev–Trinajstić information content (AvgIpc) is 2.41. The highest BCUT2D eigenvalue weighted by Gasteiger charge is 2.02. The Hall–Kier alpha value is -1.83. The molecule has 0 spiro atoms. The number of hydrogen-bond donors (Lipinski definition) is 0. The van der Waals surface area contributed by atoms with Crippen LogP contribution >= 0.6 is 0 Å². The van der Waals surface area contributed by atoms with Gasteiger partial charge in [-0.15, -0.1) is 0 Å². The van der Waals surface area contributed by atoms with Gasteiger partial charge in [0.15, 0.2) is 6.61 Å². The third kappa shape index (κ3) is 3.31. The molecule has 2 rings (SSSR count). The van der Waals surface area contributed by atoms with Crippen molar-refractivity contribution >= 4 is 0 Å². The summed E-state index contributed by atoms with van der Waals surface area (Å²) in [5, 5.41) is 0. The molecular formula is C15H18NO+. The van der Waals surface area contributed by atoms with Crippen LogP contribution in [0.2, 0.25) is 0 Å². The van der Waals surface area contributed by atoms with Crippen molar-refractivity contribution in [3.05, 3.63) is 54.9 Å². The maximum atomic E-state index is 5.55. The van der Waals surface area contributed by atoms with Gasteiger partial charge in [-0.05, 0) is 17.5 Å². The quantitative estimate of drug-likeness (QED) is 0.566. The molecule has 0 aliphatic carbocycles. The number of unbranched alkanes of at least 4 members (excludes halogenated alkanes) is 1. The Morgan fingerprint density at radius 2 is 1.59 bits per heavy atom. The zero-order chi connectivity index (χ0) is 11.9. The molecule has 0 aliphatic rings. The van der Waals surface area contributed by atoms with Crippen LogP contribution in [0.25, 0.3) is 11.1 Å². The lowest BCUT2D eigenvalue weighted by atomic mass is 10.1. The van der Waals surface area contributed by atoms with E-state index in [1.54, 1.807) is 4.73 Å². The van der Waals surface area contributed by atoms with Gasteiger partial charge < -0.3 is 0 Å². The van der Waals surface area contributed by atoms with E-state index in [1.165, 1.54) is 11.1 Å². The Morgan fingerprint density at radius 1 is 0.941 bits per heavy atom. The molecule has 88 valence electrons. The number of hydrogen-bond acceptors (Lipinski definition) is 1. The Morgan fingerprint density at radius 3 is 2.24 bits per heavy atom. The molecule has 0 atom stereocenters. The average molecular weight is 228 g/mol. The molecule has 0 aliphatic heterocycles. The zero-order valence-corrected chi connectivity index (χ0v) is 10.2. The number of rotatable bonds is 5. The molecule has 17 heavy (non-hydrogen) atoms. The van der Waals surface area contributed by atoms with Crippen molar-refractivity contribution in [2.75, 3.05) is 6.61 Å². The highest BCUT2D eigenvalue weighted by molar-refractivity contribution is 5.61. The molecule has 0 radical (unpaired) electrons. The van der Waals surface area contributed by atoms with E-state index in [9.17, 15) is 0 Å². The summed E-state index contributed by atoms with van der Waals surface area (Å²) in [7, 11) is 0. The maximum Gasteiger partial charge on any atom is 0.223 e. The lowest BCUT2D eigenvalue weighted by Crippen LogP contribution is -2.42. The molecule has 2 aromatic rings. The summed E-state index contributed by atoms with van der Waals surface area (Å²) in [5.41, 5.74) is 2.44. The minimum atomic E-state index is 0.770. The van der Waals surface area contributed by atoms with Gasteiger partial charge in [0.2, 0.25) is 12.4 Å². The van der Waals surface area contributed by atoms with E-state index >= 15 is 0 Å². The summed E-state index contributed by atoms with van der Waals surface area (Å²) >= 11 is 0. The van der Waals surface area contributed by atoms with Gasteiger partial charge in [0, 0.05) is 16.9 Å². The van der Waals surface area contributed by atoms with Crippen molar-refractivity contribution < 1.29 is 9.57 Å². The van der Waals surface area contributed by atoms with Crippen molar-refractivity contribution in [3.63, 3.8) is 0 Å². The SMILES string of the molecule is CCCCO[n+]1ccc(-c2ccccc2)cc1. The first-order chi connectivity index (χ1) is 8.40. The lowest BCUT2D eigenvalue weighted by molar-refractivity contribution is -0.891. The molecule has 1 heterocycles. The van der Waals surface area contributed by atoms with Crippen LogP contribution in [-0.4, -0.2) is 6.61 Å². The van der Waals surface area contributed by atoms with Gasteiger partial charge in [0.1, 0.15) is 0 Å². The van der Waals surface area contributed by atoms with Crippen LogP contribution in [0.15, 0.2) is 54.9 Å². The van der Waals surface area contributed by atoms with E-state index in [4.69, 9.17) is 4.84 Å². The topological polar surface area (TPSA) is 13.1 Å². The van der Waals surface area contributed by atoms with Crippen LogP contribution in [0.5, 0.6) is 0 Å². The summed E-state index contributed by atoms with van der Waals surface area (Å²) in [6.45, 7) is 2.93. The van der Waals surface area contributed by atoms with Gasteiger partial charge in [-0.3, -0.25) is 4.84 Å². The van der Waals surface area contributed by atoms with Crippen LogP contribution in [0.4, 0.5) is 0 Å². The fourth-order valence-corrected chi connectivity index (χ4v) is 1.64. The summed E-state index contributed by atoms with van der Waals surface area (Å²) in [5.74, 6) is 0. The van der Waals surface area contributed by atoms with Crippen LogP contribution < -0.4 is 9.57 Å². The fourth-order valence-electron chi connectivity index (χ4n) is 1.64. The molecule has 0 saturated heterocycles. The fraction of sp³-hybridized carbons (Fsp3) is 0.267. The van der Waals surface area contributed by atoms with E-state index in [-0.39, 0.29) is 0 Å². The zero-order valence-electron chi connectivity index (χ0n) is 10.2.